The topological polar surface area (TPSA) is 35.8 Å². The Balaban J connectivity index is 2.62. The largest absolute Gasteiger partial charge is 0.300 e. The van der Waals surface area contributed by atoms with Gasteiger partial charge in [-0.05, 0) is 6.07 Å². The summed E-state index contributed by atoms with van der Waals surface area (Å²) in [5, 5.41) is 10.9. The van der Waals surface area contributed by atoms with Crippen LogP contribution >= 0.6 is 0 Å². The van der Waals surface area contributed by atoms with Gasteiger partial charge in [-0.1, -0.05) is 6.07 Å². The van der Waals surface area contributed by atoms with Crippen LogP contribution in [0.3, 0.4) is 0 Å². The number of nitriles is 1. The molecule has 0 atom stereocenters. The van der Waals surface area contributed by atoms with Crippen LogP contribution in [-0.4, -0.2) is 6.54 Å². The van der Waals surface area contributed by atoms with Gasteiger partial charge >= 0.3 is 0 Å². The normalized spacial score (nSPS) is 9.62. The summed E-state index contributed by atoms with van der Waals surface area (Å²) in [5.41, 5.74) is 0.358. The highest BCUT2D eigenvalue weighted by molar-refractivity contribution is 5.18. The lowest BCUT2D eigenvalue weighted by Gasteiger charge is -2.02. The van der Waals surface area contributed by atoms with Crippen molar-refractivity contribution in [1.29, 1.82) is 5.26 Å². The Morgan fingerprint density at radius 1 is 1.38 bits per heavy atom. The molecule has 1 N–H and O–H groups in total. The van der Waals surface area contributed by atoms with Crippen LogP contribution in [0.25, 0.3) is 0 Å². The predicted octanol–water partition coefficient (Wildman–Crippen LogP) is 1.58. The van der Waals surface area contributed by atoms with Gasteiger partial charge < -0.3 is 5.32 Å². The molecule has 0 saturated carbocycles. The molecule has 0 fully saturated rings. The van der Waals surface area contributed by atoms with Crippen molar-refractivity contribution >= 4 is 0 Å². The van der Waals surface area contributed by atoms with Gasteiger partial charge in [-0.3, -0.25) is 0 Å². The van der Waals surface area contributed by atoms with Crippen molar-refractivity contribution in [1.82, 2.24) is 5.32 Å². The summed E-state index contributed by atoms with van der Waals surface area (Å²) >= 11 is 0. The minimum atomic E-state index is -0.596. The molecule has 0 radical (unpaired) electrons. The van der Waals surface area contributed by atoms with Crippen molar-refractivity contribution in [2.24, 2.45) is 0 Å². The average molecular weight is 182 g/mol. The van der Waals surface area contributed by atoms with Gasteiger partial charge in [-0.15, -0.1) is 0 Å². The van der Waals surface area contributed by atoms with E-state index in [9.17, 15) is 8.78 Å². The Morgan fingerprint density at radius 3 is 2.77 bits per heavy atom. The molecule has 0 aliphatic rings. The first-order valence-electron chi connectivity index (χ1n) is 3.75. The lowest BCUT2D eigenvalue weighted by Crippen LogP contribution is -2.14. The zero-order valence-corrected chi connectivity index (χ0v) is 6.85. The van der Waals surface area contributed by atoms with Crippen LogP contribution in [0.4, 0.5) is 8.78 Å². The molecule has 0 bridgehead atoms. The standard InChI is InChI=1S/C9H8F2N2/c10-8-2-1-7(9(11)5-8)6-13-4-3-12/h1-2,5,13H,4,6H2. The molecular formula is C9H8F2N2. The van der Waals surface area contributed by atoms with Gasteiger partial charge in [0, 0.05) is 18.2 Å². The highest BCUT2D eigenvalue weighted by atomic mass is 19.1. The fraction of sp³-hybridized carbons (Fsp3) is 0.222. The highest BCUT2D eigenvalue weighted by Crippen LogP contribution is 2.08. The minimum absolute atomic E-state index is 0.150. The Morgan fingerprint density at radius 2 is 2.15 bits per heavy atom. The van der Waals surface area contributed by atoms with Crippen LogP contribution in [0.1, 0.15) is 5.56 Å². The van der Waals surface area contributed by atoms with E-state index in [-0.39, 0.29) is 13.1 Å². The molecule has 0 aliphatic heterocycles. The SMILES string of the molecule is N#CCNCc1ccc(F)cc1F. The molecule has 68 valence electrons. The quantitative estimate of drug-likeness (QED) is 0.569. The number of nitrogens with zero attached hydrogens (tertiary/aromatic N) is 1. The van der Waals surface area contributed by atoms with E-state index >= 15 is 0 Å². The molecule has 13 heavy (non-hydrogen) atoms. The molecule has 2 nitrogen and oxygen atoms in total. The third-order valence-electron chi connectivity index (χ3n) is 1.53. The van der Waals surface area contributed by atoms with Crippen LogP contribution in [0.5, 0.6) is 0 Å². The van der Waals surface area contributed by atoms with E-state index in [0.29, 0.717) is 5.56 Å². The van der Waals surface area contributed by atoms with E-state index in [1.807, 2.05) is 6.07 Å². The van der Waals surface area contributed by atoms with Gasteiger partial charge in [0.2, 0.25) is 0 Å². The summed E-state index contributed by atoms with van der Waals surface area (Å²) in [7, 11) is 0. The molecule has 0 amide bonds. The second kappa shape index (κ2) is 4.53. The molecule has 0 aromatic heterocycles. The molecule has 0 spiro atoms. The van der Waals surface area contributed by atoms with Crippen LogP contribution in [0.2, 0.25) is 0 Å². The second-order valence-corrected chi connectivity index (χ2v) is 2.50. The smallest absolute Gasteiger partial charge is 0.130 e. The monoisotopic (exact) mass is 182 g/mol. The Bertz CT molecular complexity index is 331. The third kappa shape index (κ3) is 2.80. The summed E-state index contributed by atoms with van der Waals surface area (Å²) in [5.74, 6) is -1.19. The lowest BCUT2D eigenvalue weighted by molar-refractivity contribution is 0.565. The molecule has 0 unspecified atom stereocenters. The van der Waals surface area contributed by atoms with Gasteiger partial charge in [-0.2, -0.15) is 5.26 Å². The summed E-state index contributed by atoms with van der Waals surface area (Å²) in [6.07, 6.45) is 0. The van der Waals surface area contributed by atoms with Crippen LogP contribution in [-0.2, 0) is 6.54 Å². The zero-order valence-electron chi connectivity index (χ0n) is 6.85. The fourth-order valence-corrected chi connectivity index (χ4v) is 0.918. The molecule has 0 heterocycles. The number of hydrogen-bond donors (Lipinski definition) is 1. The first-order valence-corrected chi connectivity index (χ1v) is 3.75. The van der Waals surface area contributed by atoms with Crippen molar-refractivity contribution in [2.75, 3.05) is 6.54 Å². The zero-order chi connectivity index (χ0) is 9.68. The molecule has 1 rings (SSSR count). The van der Waals surface area contributed by atoms with Crippen LogP contribution < -0.4 is 5.32 Å². The summed E-state index contributed by atoms with van der Waals surface area (Å²) in [4.78, 5) is 0. The number of nitrogens with one attached hydrogen (secondary N) is 1. The van der Waals surface area contributed by atoms with Crippen molar-refractivity contribution < 1.29 is 8.78 Å². The number of rotatable bonds is 3. The highest BCUT2D eigenvalue weighted by Gasteiger charge is 2.02. The van der Waals surface area contributed by atoms with Gasteiger partial charge in [0.25, 0.3) is 0 Å². The molecule has 4 heteroatoms. The van der Waals surface area contributed by atoms with Gasteiger partial charge in [0.1, 0.15) is 11.6 Å². The molecular weight excluding hydrogens is 174 g/mol. The number of hydrogen-bond acceptors (Lipinski definition) is 2. The summed E-state index contributed by atoms with van der Waals surface area (Å²) in [6.45, 7) is 0.385. The van der Waals surface area contributed by atoms with E-state index in [0.717, 1.165) is 6.07 Å². The second-order valence-electron chi connectivity index (χ2n) is 2.50. The van der Waals surface area contributed by atoms with Gasteiger partial charge in [-0.25, -0.2) is 8.78 Å². The number of halogens is 2. The van der Waals surface area contributed by atoms with Crippen molar-refractivity contribution in [3.05, 3.63) is 35.4 Å². The summed E-state index contributed by atoms with van der Waals surface area (Å²) in [6, 6.07) is 5.23. The fourth-order valence-electron chi connectivity index (χ4n) is 0.918. The van der Waals surface area contributed by atoms with Crippen molar-refractivity contribution in [3.8, 4) is 6.07 Å². The first-order chi connectivity index (χ1) is 6.24. The van der Waals surface area contributed by atoms with Crippen molar-refractivity contribution in [3.63, 3.8) is 0 Å². The third-order valence-corrected chi connectivity index (χ3v) is 1.53. The maximum Gasteiger partial charge on any atom is 0.130 e. The minimum Gasteiger partial charge on any atom is -0.300 e. The van der Waals surface area contributed by atoms with Crippen LogP contribution in [0, 0.1) is 23.0 Å². The van der Waals surface area contributed by atoms with Gasteiger partial charge in [0.05, 0.1) is 12.6 Å². The van der Waals surface area contributed by atoms with E-state index in [1.165, 1.54) is 12.1 Å². The predicted molar refractivity (Wildman–Crippen MR) is 43.7 cm³/mol. The van der Waals surface area contributed by atoms with Crippen LogP contribution in [0.15, 0.2) is 18.2 Å². The Kier molecular flexibility index (Phi) is 3.35. The maximum absolute atomic E-state index is 12.9. The molecule has 1 aromatic carbocycles. The van der Waals surface area contributed by atoms with Gasteiger partial charge in [0.15, 0.2) is 0 Å². The van der Waals surface area contributed by atoms with E-state index in [2.05, 4.69) is 5.32 Å². The Hall–Kier alpha value is -1.47. The van der Waals surface area contributed by atoms with E-state index in [4.69, 9.17) is 5.26 Å². The number of benzene rings is 1. The van der Waals surface area contributed by atoms with Crippen molar-refractivity contribution in [2.45, 2.75) is 6.54 Å². The molecule has 0 aliphatic carbocycles. The Labute approximate surface area is 74.8 Å². The summed E-state index contributed by atoms with van der Waals surface area (Å²) < 4.78 is 25.3. The average Bonchev–Trinajstić information content (AvgIpc) is 2.09. The lowest BCUT2D eigenvalue weighted by atomic mass is 10.2. The molecule has 0 saturated heterocycles. The maximum atomic E-state index is 12.9. The van der Waals surface area contributed by atoms with E-state index in [1.54, 1.807) is 0 Å². The first kappa shape index (κ1) is 9.62. The van der Waals surface area contributed by atoms with E-state index < -0.39 is 11.6 Å². The molecule has 1 aromatic rings.